The van der Waals surface area contributed by atoms with Crippen molar-refractivity contribution in [1.29, 1.82) is 0 Å². The molecule has 0 amide bonds. The number of phenolic OH excluding ortho intramolecular Hbond substituents is 1. The first-order chi connectivity index (χ1) is 9.20. The van der Waals surface area contributed by atoms with Crippen LogP contribution in [0.3, 0.4) is 0 Å². The third-order valence-electron chi connectivity index (χ3n) is 2.87. The van der Waals surface area contributed by atoms with Crippen LogP contribution in [0.4, 0.5) is 0 Å². The smallest absolute Gasteiger partial charge is 0.128 e. The zero-order valence-electron chi connectivity index (χ0n) is 10.1. The van der Waals surface area contributed by atoms with Gasteiger partial charge in [0.1, 0.15) is 18.1 Å². The van der Waals surface area contributed by atoms with Crippen LogP contribution in [0.25, 0.3) is 10.9 Å². The minimum Gasteiger partial charge on any atom is -0.508 e. The summed E-state index contributed by atoms with van der Waals surface area (Å²) in [4.78, 5) is 3.24. The van der Waals surface area contributed by atoms with Gasteiger partial charge in [0.2, 0.25) is 0 Å². The number of hydrogen-bond acceptors (Lipinski definition) is 2. The maximum atomic E-state index is 9.42. The number of halogens is 1. The van der Waals surface area contributed by atoms with E-state index in [-0.39, 0.29) is 5.75 Å². The number of aromatic amines is 1. The van der Waals surface area contributed by atoms with Crippen LogP contribution in [0.1, 0.15) is 5.69 Å². The number of nitrogens with one attached hydrogen (secondary N) is 1. The van der Waals surface area contributed by atoms with Crippen molar-refractivity contribution in [2.75, 3.05) is 0 Å². The third-order valence-corrected chi connectivity index (χ3v) is 3.12. The van der Waals surface area contributed by atoms with Crippen molar-refractivity contribution < 1.29 is 9.84 Å². The van der Waals surface area contributed by atoms with E-state index in [0.29, 0.717) is 11.6 Å². The van der Waals surface area contributed by atoms with Crippen LogP contribution in [0, 0.1) is 0 Å². The molecule has 0 unspecified atom stereocenters. The number of benzene rings is 2. The van der Waals surface area contributed by atoms with E-state index in [0.717, 1.165) is 22.3 Å². The highest BCUT2D eigenvalue weighted by Crippen LogP contribution is 2.22. The van der Waals surface area contributed by atoms with Crippen LogP contribution in [0.2, 0.25) is 5.02 Å². The maximum absolute atomic E-state index is 9.42. The fourth-order valence-corrected chi connectivity index (χ4v) is 2.08. The van der Waals surface area contributed by atoms with Crippen LogP contribution in [-0.4, -0.2) is 10.1 Å². The minimum atomic E-state index is 0.261. The number of phenols is 1. The van der Waals surface area contributed by atoms with E-state index in [1.807, 2.05) is 24.3 Å². The quantitative estimate of drug-likeness (QED) is 0.754. The summed E-state index contributed by atoms with van der Waals surface area (Å²) in [5, 5.41) is 11.1. The molecule has 1 aromatic heterocycles. The van der Waals surface area contributed by atoms with Crippen molar-refractivity contribution >= 4 is 22.5 Å². The normalized spacial score (nSPS) is 10.8. The molecule has 3 rings (SSSR count). The van der Waals surface area contributed by atoms with Gasteiger partial charge in [-0.2, -0.15) is 0 Å². The van der Waals surface area contributed by atoms with Crippen LogP contribution < -0.4 is 4.74 Å². The van der Waals surface area contributed by atoms with Crippen LogP contribution in [0.5, 0.6) is 11.5 Å². The molecule has 96 valence electrons. The van der Waals surface area contributed by atoms with Gasteiger partial charge in [-0.05, 0) is 48.5 Å². The topological polar surface area (TPSA) is 45.2 Å². The van der Waals surface area contributed by atoms with Gasteiger partial charge < -0.3 is 14.8 Å². The SMILES string of the molecule is Oc1ccc2[nH]c(COc3ccc(Cl)cc3)cc2c1. The summed E-state index contributed by atoms with van der Waals surface area (Å²) >= 11 is 5.81. The standard InChI is InChI=1S/C15H12ClNO2/c16-11-1-4-14(5-2-11)19-9-12-7-10-8-13(18)3-6-15(10)17-12/h1-8,17-18H,9H2. The van der Waals surface area contributed by atoms with E-state index in [1.54, 1.807) is 24.3 Å². The first-order valence-electron chi connectivity index (χ1n) is 5.90. The zero-order chi connectivity index (χ0) is 13.2. The molecule has 19 heavy (non-hydrogen) atoms. The highest BCUT2D eigenvalue weighted by atomic mass is 35.5. The average Bonchev–Trinajstić information content (AvgIpc) is 2.80. The van der Waals surface area contributed by atoms with Crippen LogP contribution in [-0.2, 0) is 6.61 Å². The molecule has 2 aromatic carbocycles. The summed E-state index contributed by atoms with van der Waals surface area (Å²) in [5.74, 6) is 1.03. The van der Waals surface area contributed by atoms with Crippen LogP contribution in [0.15, 0.2) is 48.5 Å². The number of H-pyrrole nitrogens is 1. The van der Waals surface area contributed by atoms with Crippen molar-refractivity contribution in [1.82, 2.24) is 4.98 Å². The van der Waals surface area contributed by atoms with Crippen molar-refractivity contribution in [2.24, 2.45) is 0 Å². The van der Waals surface area contributed by atoms with Gasteiger partial charge >= 0.3 is 0 Å². The monoisotopic (exact) mass is 273 g/mol. The second-order valence-electron chi connectivity index (χ2n) is 4.31. The van der Waals surface area contributed by atoms with E-state index in [2.05, 4.69) is 4.98 Å². The number of aromatic nitrogens is 1. The molecule has 1 heterocycles. The molecule has 0 aliphatic rings. The Morgan fingerprint density at radius 2 is 1.84 bits per heavy atom. The summed E-state index contributed by atoms with van der Waals surface area (Å²) in [6.07, 6.45) is 0. The lowest BCUT2D eigenvalue weighted by Crippen LogP contribution is -1.94. The average molecular weight is 274 g/mol. The second-order valence-corrected chi connectivity index (χ2v) is 4.75. The molecule has 0 bridgehead atoms. The van der Waals surface area contributed by atoms with Gasteiger partial charge in [0.25, 0.3) is 0 Å². The van der Waals surface area contributed by atoms with Crippen molar-refractivity contribution in [3.8, 4) is 11.5 Å². The van der Waals surface area contributed by atoms with Crippen molar-refractivity contribution in [3.63, 3.8) is 0 Å². The molecule has 0 saturated carbocycles. The molecule has 0 aliphatic heterocycles. The predicted molar refractivity (Wildman–Crippen MR) is 75.7 cm³/mol. The summed E-state index contributed by atoms with van der Waals surface area (Å²) in [6, 6.07) is 14.4. The van der Waals surface area contributed by atoms with E-state index >= 15 is 0 Å². The van der Waals surface area contributed by atoms with Gasteiger partial charge in [0, 0.05) is 15.9 Å². The Morgan fingerprint density at radius 3 is 2.63 bits per heavy atom. The number of ether oxygens (including phenoxy) is 1. The zero-order valence-corrected chi connectivity index (χ0v) is 10.8. The Bertz CT molecular complexity index is 704. The third kappa shape index (κ3) is 2.66. The number of fused-ring (bicyclic) bond motifs is 1. The predicted octanol–water partition coefficient (Wildman–Crippen LogP) is 4.11. The lowest BCUT2D eigenvalue weighted by atomic mass is 10.2. The summed E-state index contributed by atoms with van der Waals surface area (Å²) in [7, 11) is 0. The Balaban J connectivity index is 1.76. The molecule has 3 nitrogen and oxygen atoms in total. The number of rotatable bonds is 3. The largest absolute Gasteiger partial charge is 0.508 e. The highest BCUT2D eigenvalue weighted by Gasteiger charge is 2.02. The lowest BCUT2D eigenvalue weighted by molar-refractivity contribution is 0.302. The van der Waals surface area contributed by atoms with E-state index in [4.69, 9.17) is 16.3 Å². The Kier molecular flexibility index (Phi) is 3.05. The fourth-order valence-electron chi connectivity index (χ4n) is 1.95. The first kappa shape index (κ1) is 11.9. The second kappa shape index (κ2) is 4.86. The van der Waals surface area contributed by atoms with E-state index in [9.17, 15) is 5.11 Å². The molecule has 0 radical (unpaired) electrons. The summed E-state index contributed by atoms with van der Waals surface area (Å²) < 4.78 is 5.65. The molecule has 2 N–H and O–H groups in total. The van der Waals surface area contributed by atoms with E-state index < -0.39 is 0 Å². The van der Waals surface area contributed by atoms with Gasteiger partial charge in [-0.3, -0.25) is 0 Å². The Labute approximate surface area is 115 Å². The van der Waals surface area contributed by atoms with Crippen molar-refractivity contribution in [3.05, 3.63) is 59.2 Å². The van der Waals surface area contributed by atoms with Gasteiger partial charge in [0.15, 0.2) is 0 Å². The molecule has 0 aliphatic carbocycles. The van der Waals surface area contributed by atoms with Gasteiger partial charge in [0.05, 0.1) is 5.69 Å². The Hall–Kier alpha value is -2.13. The molecule has 3 aromatic rings. The molecule has 4 heteroatoms. The summed E-state index contributed by atoms with van der Waals surface area (Å²) in [5.41, 5.74) is 1.93. The first-order valence-corrected chi connectivity index (χ1v) is 6.27. The molecule has 0 atom stereocenters. The minimum absolute atomic E-state index is 0.261. The summed E-state index contributed by atoms with van der Waals surface area (Å²) in [6.45, 7) is 0.442. The van der Waals surface area contributed by atoms with Crippen LogP contribution >= 0.6 is 11.6 Å². The number of hydrogen-bond donors (Lipinski definition) is 2. The highest BCUT2D eigenvalue weighted by molar-refractivity contribution is 6.30. The molecule has 0 spiro atoms. The molecular formula is C15H12ClNO2. The van der Waals surface area contributed by atoms with E-state index in [1.165, 1.54) is 0 Å². The molecule has 0 saturated heterocycles. The van der Waals surface area contributed by atoms with Crippen molar-refractivity contribution in [2.45, 2.75) is 6.61 Å². The fraction of sp³-hybridized carbons (Fsp3) is 0.0667. The maximum Gasteiger partial charge on any atom is 0.128 e. The molecular weight excluding hydrogens is 262 g/mol. The molecule has 0 fully saturated rings. The van der Waals surface area contributed by atoms with Gasteiger partial charge in [-0.15, -0.1) is 0 Å². The van der Waals surface area contributed by atoms with Gasteiger partial charge in [-0.25, -0.2) is 0 Å². The lowest BCUT2D eigenvalue weighted by Gasteiger charge is -2.04. The number of aromatic hydroxyl groups is 1. The Morgan fingerprint density at radius 1 is 1.05 bits per heavy atom. The van der Waals surface area contributed by atoms with Gasteiger partial charge in [-0.1, -0.05) is 11.6 Å².